The minimum atomic E-state index is 0.721. The normalized spacial score (nSPS) is 10.9. The lowest BCUT2D eigenvalue weighted by Gasteiger charge is -2.08. The molecule has 2 rings (SSSR count). The summed E-state index contributed by atoms with van der Waals surface area (Å²) >= 11 is 6.21. The zero-order valence-electron chi connectivity index (χ0n) is 11.5. The van der Waals surface area contributed by atoms with Crippen LogP contribution < -0.4 is 5.32 Å². The van der Waals surface area contributed by atoms with Crippen molar-refractivity contribution in [1.29, 1.82) is 0 Å². The average Bonchev–Trinajstić information content (AvgIpc) is 2.77. The molecule has 0 spiro atoms. The van der Waals surface area contributed by atoms with Gasteiger partial charge < -0.3 is 5.32 Å². The van der Waals surface area contributed by atoms with Crippen LogP contribution in [0, 0.1) is 6.92 Å². The Balaban J connectivity index is 2.12. The fourth-order valence-electron chi connectivity index (χ4n) is 2.01. The van der Waals surface area contributed by atoms with Crippen LogP contribution in [0.3, 0.4) is 0 Å². The van der Waals surface area contributed by atoms with Gasteiger partial charge in [-0.2, -0.15) is 5.10 Å². The van der Waals surface area contributed by atoms with Gasteiger partial charge >= 0.3 is 0 Å². The van der Waals surface area contributed by atoms with Gasteiger partial charge in [-0.3, -0.25) is 0 Å². The van der Waals surface area contributed by atoms with Gasteiger partial charge in [0.2, 0.25) is 0 Å². The van der Waals surface area contributed by atoms with Crippen molar-refractivity contribution in [1.82, 2.24) is 15.1 Å². The molecule has 0 bridgehead atoms. The average molecular weight is 278 g/mol. The van der Waals surface area contributed by atoms with Crippen LogP contribution in [0.2, 0.25) is 5.02 Å². The standard InChI is InChI=1S/C15H20ClN3/c1-3-4-9-17-10-13-11-18-19(12(13)2)15-8-6-5-7-14(15)16/h5-8,11,17H,3-4,9-10H2,1-2H3. The first kappa shape index (κ1) is 14.1. The molecule has 0 atom stereocenters. The van der Waals surface area contributed by atoms with Crippen LogP contribution in [0.15, 0.2) is 30.5 Å². The van der Waals surface area contributed by atoms with Crippen LogP contribution in [0.25, 0.3) is 5.69 Å². The predicted octanol–water partition coefficient (Wildman–Crippen LogP) is 3.72. The van der Waals surface area contributed by atoms with Gasteiger partial charge in [0.05, 0.1) is 16.9 Å². The summed E-state index contributed by atoms with van der Waals surface area (Å²) in [6, 6.07) is 7.77. The summed E-state index contributed by atoms with van der Waals surface area (Å²) in [7, 11) is 0. The molecule has 102 valence electrons. The summed E-state index contributed by atoms with van der Waals surface area (Å²) in [5.41, 5.74) is 3.29. The molecular formula is C15H20ClN3. The fraction of sp³-hybridized carbons (Fsp3) is 0.400. The number of hydrogen-bond acceptors (Lipinski definition) is 2. The molecule has 19 heavy (non-hydrogen) atoms. The van der Waals surface area contributed by atoms with Gasteiger partial charge in [-0.1, -0.05) is 37.1 Å². The topological polar surface area (TPSA) is 29.9 Å². The minimum absolute atomic E-state index is 0.721. The maximum absolute atomic E-state index is 6.21. The number of aromatic nitrogens is 2. The second-order valence-corrected chi connectivity index (χ2v) is 5.06. The molecule has 0 aliphatic carbocycles. The number of nitrogens with zero attached hydrogens (tertiary/aromatic N) is 2. The maximum Gasteiger partial charge on any atom is 0.0834 e. The number of rotatable bonds is 6. The number of hydrogen-bond donors (Lipinski definition) is 1. The van der Waals surface area contributed by atoms with E-state index >= 15 is 0 Å². The third-order valence-corrected chi connectivity index (χ3v) is 3.53. The molecule has 0 fully saturated rings. The van der Waals surface area contributed by atoms with Crippen molar-refractivity contribution >= 4 is 11.6 Å². The summed E-state index contributed by atoms with van der Waals surface area (Å²) in [5, 5.41) is 8.60. The summed E-state index contributed by atoms with van der Waals surface area (Å²) in [4.78, 5) is 0. The first-order valence-corrected chi connectivity index (χ1v) is 7.11. The van der Waals surface area contributed by atoms with Crippen LogP contribution in [-0.4, -0.2) is 16.3 Å². The van der Waals surface area contributed by atoms with Gasteiger partial charge in [0.25, 0.3) is 0 Å². The van der Waals surface area contributed by atoms with Crippen molar-refractivity contribution in [2.24, 2.45) is 0 Å². The molecule has 3 nitrogen and oxygen atoms in total. The van der Waals surface area contributed by atoms with Gasteiger partial charge in [0.1, 0.15) is 0 Å². The van der Waals surface area contributed by atoms with Crippen molar-refractivity contribution < 1.29 is 0 Å². The zero-order valence-corrected chi connectivity index (χ0v) is 12.2. The van der Waals surface area contributed by atoms with Crippen LogP contribution >= 0.6 is 11.6 Å². The highest BCUT2D eigenvalue weighted by Crippen LogP contribution is 2.21. The van der Waals surface area contributed by atoms with Crippen molar-refractivity contribution in [3.05, 3.63) is 46.7 Å². The Morgan fingerprint density at radius 3 is 2.84 bits per heavy atom. The molecule has 0 unspecified atom stereocenters. The summed E-state index contributed by atoms with van der Waals surface area (Å²) in [6.45, 7) is 6.18. The van der Waals surface area contributed by atoms with Gasteiger partial charge in [-0.15, -0.1) is 0 Å². The van der Waals surface area contributed by atoms with E-state index in [9.17, 15) is 0 Å². The third-order valence-electron chi connectivity index (χ3n) is 3.21. The Bertz CT molecular complexity index is 534. The first-order chi connectivity index (χ1) is 9.24. The van der Waals surface area contributed by atoms with Gasteiger partial charge in [-0.05, 0) is 32.0 Å². The number of unbranched alkanes of at least 4 members (excludes halogenated alkanes) is 1. The summed E-state index contributed by atoms with van der Waals surface area (Å²) < 4.78 is 1.90. The molecule has 1 N–H and O–H groups in total. The van der Waals surface area contributed by atoms with Crippen molar-refractivity contribution in [2.45, 2.75) is 33.2 Å². The van der Waals surface area contributed by atoms with Gasteiger partial charge in [-0.25, -0.2) is 4.68 Å². The predicted molar refractivity (Wildman–Crippen MR) is 79.9 cm³/mol. The molecule has 0 saturated heterocycles. The molecule has 4 heteroatoms. The largest absolute Gasteiger partial charge is 0.313 e. The van der Waals surface area contributed by atoms with E-state index in [1.165, 1.54) is 18.4 Å². The van der Waals surface area contributed by atoms with Gasteiger partial charge in [0, 0.05) is 17.8 Å². The van der Waals surface area contributed by atoms with E-state index in [2.05, 4.69) is 24.3 Å². The van der Waals surface area contributed by atoms with E-state index in [0.29, 0.717) is 0 Å². The Kier molecular flexibility index (Phi) is 5.00. The van der Waals surface area contributed by atoms with E-state index < -0.39 is 0 Å². The molecule has 0 aliphatic rings. The fourth-order valence-corrected chi connectivity index (χ4v) is 2.22. The number of benzene rings is 1. The first-order valence-electron chi connectivity index (χ1n) is 6.73. The van der Waals surface area contributed by atoms with E-state index in [1.54, 1.807) is 0 Å². The third kappa shape index (κ3) is 3.37. The van der Waals surface area contributed by atoms with Crippen molar-refractivity contribution in [3.8, 4) is 5.69 Å². The van der Waals surface area contributed by atoms with Crippen molar-refractivity contribution in [3.63, 3.8) is 0 Å². The number of para-hydroxylation sites is 1. The van der Waals surface area contributed by atoms with Crippen LogP contribution in [-0.2, 0) is 6.54 Å². The maximum atomic E-state index is 6.21. The number of nitrogens with one attached hydrogen (secondary N) is 1. The Morgan fingerprint density at radius 1 is 1.32 bits per heavy atom. The van der Waals surface area contributed by atoms with E-state index in [1.807, 2.05) is 35.1 Å². The molecule has 0 saturated carbocycles. The Labute approximate surface area is 119 Å². The zero-order chi connectivity index (χ0) is 13.7. The molecular weight excluding hydrogens is 258 g/mol. The highest BCUT2D eigenvalue weighted by molar-refractivity contribution is 6.32. The highest BCUT2D eigenvalue weighted by Gasteiger charge is 2.09. The minimum Gasteiger partial charge on any atom is -0.313 e. The molecule has 2 aromatic rings. The van der Waals surface area contributed by atoms with Gasteiger partial charge in [0.15, 0.2) is 0 Å². The summed E-state index contributed by atoms with van der Waals surface area (Å²) in [5.74, 6) is 0. The SMILES string of the molecule is CCCCNCc1cnn(-c2ccccc2Cl)c1C. The Hall–Kier alpha value is -1.32. The lowest BCUT2D eigenvalue weighted by atomic mass is 10.2. The smallest absolute Gasteiger partial charge is 0.0834 e. The molecule has 0 radical (unpaired) electrons. The lowest BCUT2D eigenvalue weighted by Crippen LogP contribution is -2.15. The second kappa shape index (κ2) is 6.73. The lowest BCUT2D eigenvalue weighted by molar-refractivity contribution is 0.639. The van der Waals surface area contributed by atoms with Crippen LogP contribution in [0.1, 0.15) is 31.0 Å². The number of halogens is 1. The van der Waals surface area contributed by atoms with E-state index in [0.717, 1.165) is 29.5 Å². The molecule has 1 heterocycles. The quantitative estimate of drug-likeness (QED) is 0.816. The second-order valence-electron chi connectivity index (χ2n) is 4.65. The molecule has 1 aromatic carbocycles. The molecule has 0 amide bonds. The molecule has 1 aromatic heterocycles. The summed E-state index contributed by atoms with van der Waals surface area (Å²) in [6.07, 6.45) is 4.33. The van der Waals surface area contributed by atoms with Crippen LogP contribution in [0.4, 0.5) is 0 Å². The Morgan fingerprint density at radius 2 is 2.11 bits per heavy atom. The van der Waals surface area contributed by atoms with Crippen molar-refractivity contribution in [2.75, 3.05) is 6.54 Å². The monoisotopic (exact) mass is 277 g/mol. The van der Waals surface area contributed by atoms with E-state index in [4.69, 9.17) is 11.6 Å². The van der Waals surface area contributed by atoms with E-state index in [-0.39, 0.29) is 0 Å². The highest BCUT2D eigenvalue weighted by atomic mass is 35.5. The molecule has 0 aliphatic heterocycles. The van der Waals surface area contributed by atoms with Crippen LogP contribution in [0.5, 0.6) is 0 Å².